The van der Waals surface area contributed by atoms with Crippen molar-refractivity contribution in [3.8, 4) is 0 Å². The third kappa shape index (κ3) is 5.75. The average Bonchev–Trinajstić information content (AvgIpc) is 2.37. The quantitative estimate of drug-likeness (QED) is 0.394. The molecule has 1 rings (SSSR count). The molecule has 0 spiro atoms. The Balaban J connectivity index is 3.31. The van der Waals surface area contributed by atoms with Gasteiger partial charge in [0.05, 0.1) is 0 Å². The second-order valence-electron chi connectivity index (χ2n) is 10.0. The van der Waals surface area contributed by atoms with Crippen molar-refractivity contribution in [3.05, 3.63) is 41.3 Å². The summed E-state index contributed by atoms with van der Waals surface area (Å²) in [7, 11) is -3.94. The van der Waals surface area contributed by atoms with E-state index in [4.69, 9.17) is 8.85 Å². The van der Waals surface area contributed by atoms with E-state index in [0.29, 0.717) is 5.95 Å². The monoisotopic (exact) mass is 378 g/mol. The van der Waals surface area contributed by atoms with Gasteiger partial charge in [0.25, 0.3) is 22.6 Å². The van der Waals surface area contributed by atoms with Gasteiger partial charge < -0.3 is 8.85 Å². The molecule has 0 heterocycles. The zero-order valence-electron chi connectivity index (χ0n) is 18.2. The van der Waals surface area contributed by atoms with Crippen LogP contribution >= 0.6 is 0 Å². The first-order valence-corrected chi connectivity index (χ1v) is 15.0. The summed E-state index contributed by atoms with van der Waals surface area (Å²) in [4.78, 5) is 0. The van der Waals surface area contributed by atoms with Crippen LogP contribution in [0.25, 0.3) is 6.08 Å². The maximum atomic E-state index is 6.60. The van der Waals surface area contributed by atoms with Crippen molar-refractivity contribution in [1.29, 1.82) is 0 Å². The van der Waals surface area contributed by atoms with E-state index in [1.165, 1.54) is 5.56 Å². The van der Waals surface area contributed by atoms with E-state index in [2.05, 4.69) is 105 Å². The number of rotatable bonds is 5. The van der Waals surface area contributed by atoms with Crippen LogP contribution in [0.1, 0.15) is 52.7 Å². The van der Waals surface area contributed by atoms with Gasteiger partial charge in [-0.1, -0.05) is 65.8 Å². The van der Waals surface area contributed by atoms with E-state index in [0.717, 1.165) is 5.56 Å². The van der Waals surface area contributed by atoms with Crippen molar-refractivity contribution in [2.24, 2.45) is 0 Å². The number of hydrogen-bond acceptors (Lipinski definition) is 2. The normalized spacial score (nSPS) is 13.4. The summed E-state index contributed by atoms with van der Waals surface area (Å²) in [5.74, 6) is 0.701. The van der Waals surface area contributed by atoms with E-state index in [1.807, 2.05) is 0 Å². The van der Waals surface area contributed by atoms with Crippen molar-refractivity contribution in [1.82, 2.24) is 0 Å². The van der Waals surface area contributed by atoms with Crippen LogP contribution in [0.4, 0.5) is 0 Å². The molecular weight excluding hydrogens is 340 g/mol. The largest absolute Gasteiger partial charge is 0.520 e. The molecule has 0 saturated heterocycles. The number of aryl methyl sites for hydroxylation is 1. The minimum Gasteiger partial charge on any atom is -0.520 e. The molecule has 2 nitrogen and oxygen atoms in total. The summed E-state index contributed by atoms with van der Waals surface area (Å²) >= 11 is 0. The molecule has 25 heavy (non-hydrogen) atoms. The van der Waals surface area contributed by atoms with E-state index < -0.39 is 16.6 Å². The molecule has 1 aromatic rings. The summed E-state index contributed by atoms with van der Waals surface area (Å²) < 4.78 is 13.2. The van der Waals surface area contributed by atoms with Crippen molar-refractivity contribution >= 4 is 22.7 Å². The molecule has 0 aromatic heterocycles. The molecule has 0 aliphatic heterocycles. The van der Waals surface area contributed by atoms with Crippen molar-refractivity contribution in [3.63, 3.8) is 0 Å². The molecule has 0 bridgehead atoms. The minimum atomic E-state index is -1.97. The lowest BCUT2D eigenvalue weighted by molar-refractivity contribution is 0.201. The van der Waals surface area contributed by atoms with Crippen molar-refractivity contribution in [2.45, 2.75) is 84.7 Å². The fourth-order valence-corrected chi connectivity index (χ4v) is 3.67. The highest BCUT2D eigenvalue weighted by atomic mass is 28.4. The van der Waals surface area contributed by atoms with Gasteiger partial charge in [-0.3, -0.25) is 0 Å². The van der Waals surface area contributed by atoms with Gasteiger partial charge in [-0.2, -0.15) is 0 Å². The fraction of sp³-hybridized carbons (Fsp3) is 0.619. The second-order valence-corrected chi connectivity index (χ2v) is 19.5. The van der Waals surface area contributed by atoms with E-state index in [1.54, 1.807) is 0 Å². The molecule has 0 saturated carbocycles. The Morgan fingerprint density at radius 1 is 0.800 bits per heavy atom. The first-order chi connectivity index (χ1) is 11.1. The SMILES string of the molecule is Cc1ccccc1C=C(O[Si](C)(C)C(C)(C)C)O[Si](C)(C)C(C)(C)C. The highest BCUT2D eigenvalue weighted by Gasteiger charge is 2.43. The Morgan fingerprint density at radius 2 is 1.20 bits per heavy atom. The Bertz CT molecular complexity index is 588. The van der Waals surface area contributed by atoms with Crippen LogP contribution in [0, 0.1) is 6.92 Å². The molecule has 0 unspecified atom stereocenters. The molecular formula is C21H38O2Si2. The molecule has 142 valence electrons. The average molecular weight is 379 g/mol. The summed E-state index contributed by atoms with van der Waals surface area (Å²) in [5.41, 5.74) is 2.40. The summed E-state index contributed by atoms with van der Waals surface area (Å²) in [6, 6.07) is 8.38. The van der Waals surface area contributed by atoms with Gasteiger partial charge in [0, 0.05) is 6.08 Å². The molecule has 0 fully saturated rings. The number of hydrogen-bond donors (Lipinski definition) is 0. The molecule has 0 atom stereocenters. The van der Waals surface area contributed by atoms with E-state index >= 15 is 0 Å². The van der Waals surface area contributed by atoms with Crippen LogP contribution in [0.3, 0.4) is 0 Å². The van der Waals surface area contributed by atoms with Gasteiger partial charge in [0.15, 0.2) is 0 Å². The van der Waals surface area contributed by atoms with Crippen LogP contribution in [-0.2, 0) is 8.85 Å². The second kappa shape index (κ2) is 7.32. The zero-order chi connectivity index (χ0) is 19.7. The molecule has 0 amide bonds. The maximum Gasteiger partial charge on any atom is 0.254 e. The Morgan fingerprint density at radius 3 is 1.56 bits per heavy atom. The minimum absolute atomic E-state index is 0.134. The topological polar surface area (TPSA) is 18.5 Å². The molecule has 0 aliphatic carbocycles. The van der Waals surface area contributed by atoms with Crippen molar-refractivity contribution in [2.75, 3.05) is 0 Å². The highest BCUT2D eigenvalue weighted by molar-refractivity contribution is 6.75. The van der Waals surface area contributed by atoms with Crippen LogP contribution < -0.4 is 0 Å². The van der Waals surface area contributed by atoms with Crippen LogP contribution in [0.5, 0.6) is 0 Å². The van der Waals surface area contributed by atoms with Gasteiger partial charge in [-0.25, -0.2) is 0 Å². The summed E-state index contributed by atoms with van der Waals surface area (Å²) in [6.07, 6.45) is 2.09. The predicted molar refractivity (Wildman–Crippen MR) is 116 cm³/mol. The Hall–Kier alpha value is -1.01. The van der Waals surface area contributed by atoms with E-state index in [-0.39, 0.29) is 10.1 Å². The standard InChI is InChI=1S/C21H38O2Si2/c1-17-14-12-13-15-18(17)16-19(22-24(8,9)20(2,3)4)23-25(10,11)21(5,6)7/h12-16H,1-11H3. The van der Waals surface area contributed by atoms with Crippen LogP contribution in [-0.4, -0.2) is 16.6 Å². The van der Waals surface area contributed by atoms with Crippen molar-refractivity contribution < 1.29 is 8.85 Å². The molecule has 4 heteroatoms. The first kappa shape index (κ1) is 22.0. The lowest BCUT2D eigenvalue weighted by Crippen LogP contribution is -2.45. The summed E-state index contributed by atoms with van der Waals surface area (Å²) in [6.45, 7) is 24.8. The van der Waals surface area contributed by atoms with Gasteiger partial charge in [-0.15, -0.1) is 0 Å². The first-order valence-electron chi connectivity index (χ1n) is 9.22. The number of benzene rings is 1. The molecule has 1 aromatic carbocycles. The van der Waals surface area contributed by atoms with Gasteiger partial charge in [0.2, 0.25) is 0 Å². The molecule has 0 aliphatic rings. The highest BCUT2D eigenvalue weighted by Crippen LogP contribution is 2.42. The third-order valence-corrected chi connectivity index (χ3v) is 14.4. The predicted octanol–water partition coefficient (Wildman–Crippen LogP) is 7.34. The lowest BCUT2D eigenvalue weighted by atomic mass is 10.1. The van der Waals surface area contributed by atoms with Gasteiger partial charge in [0.1, 0.15) is 0 Å². The molecule has 0 radical (unpaired) electrons. The third-order valence-electron chi connectivity index (χ3n) is 5.79. The fourth-order valence-electron chi connectivity index (χ4n) is 1.76. The van der Waals surface area contributed by atoms with E-state index in [9.17, 15) is 0 Å². The van der Waals surface area contributed by atoms with Crippen LogP contribution in [0.15, 0.2) is 30.2 Å². The Labute approximate surface area is 157 Å². The lowest BCUT2D eigenvalue weighted by Gasteiger charge is -2.41. The van der Waals surface area contributed by atoms with Gasteiger partial charge >= 0.3 is 0 Å². The smallest absolute Gasteiger partial charge is 0.254 e. The van der Waals surface area contributed by atoms with Gasteiger partial charge in [-0.05, 0) is 54.3 Å². The summed E-state index contributed by atoms with van der Waals surface area (Å²) in [5, 5.41) is 0.267. The van der Waals surface area contributed by atoms with Crippen LogP contribution in [0.2, 0.25) is 36.3 Å². The molecule has 0 N–H and O–H groups in total. The Kier molecular flexibility index (Phi) is 6.45. The zero-order valence-corrected chi connectivity index (χ0v) is 20.2. The maximum absolute atomic E-state index is 6.60.